The lowest BCUT2D eigenvalue weighted by molar-refractivity contribution is -0.118. The molecular formula is C9H17N3O. The molecule has 0 aliphatic heterocycles. The quantitative estimate of drug-likeness (QED) is 0.651. The van der Waals surface area contributed by atoms with Crippen molar-refractivity contribution in [2.75, 3.05) is 13.1 Å². The molecule has 0 unspecified atom stereocenters. The van der Waals surface area contributed by atoms with Gasteiger partial charge in [-0.1, -0.05) is 0 Å². The molecule has 0 spiro atoms. The first-order valence-electron chi connectivity index (χ1n) is 4.47. The summed E-state index contributed by atoms with van der Waals surface area (Å²) in [5.41, 5.74) is 5.04. The van der Waals surface area contributed by atoms with Crippen LogP contribution in [0.5, 0.6) is 0 Å². The Morgan fingerprint density at radius 2 is 2.15 bits per heavy atom. The topological polar surface area (TPSA) is 70.1 Å². The number of amides is 1. The van der Waals surface area contributed by atoms with Crippen LogP contribution < -0.4 is 5.73 Å². The SMILES string of the molecule is CC(C)N(CCC#N)CCC(N)=O. The van der Waals surface area contributed by atoms with Gasteiger partial charge in [0.05, 0.1) is 6.07 Å². The minimum absolute atomic E-state index is 0.289. The molecule has 74 valence electrons. The average molecular weight is 183 g/mol. The van der Waals surface area contributed by atoms with Crippen molar-refractivity contribution < 1.29 is 4.79 Å². The van der Waals surface area contributed by atoms with E-state index < -0.39 is 0 Å². The first kappa shape index (κ1) is 11.9. The third kappa shape index (κ3) is 6.12. The molecule has 0 saturated heterocycles. The van der Waals surface area contributed by atoms with E-state index in [-0.39, 0.29) is 5.91 Å². The molecule has 0 atom stereocenters. The molecule has 4 nitrogen and oxygen atoms in total. The summed E-state index contributed by atoms with van der Waals surface area (Å²) in [5.74, 6) is -0.289. The van der Waals surface area contributed by atoms with E-state index in [1.165, 1.54) is 0 Å². The predicted molar refractivity (Wildman–Crippen MR) is 50.8 cm³/mol. The fourth-order valence-corrected chi connectivity index (χ4v) is 1.08. The number of hydrogen-bond donors (Lipinski definition) is 1. The Balaban J connectivity index is 3.81. The normalized spacial score (nSPS) is 10.4. The van der Waals surface area contributed by atoms with Gasteiger partial charge in [-0.15, -0.1) is 0 Å². The Kier molecular flexibility index (Phi) is 5.90. The zero-order valence-electron chi connectivity index (χ0n) is 8.29. The van der Waals surface area contributed by atoms with Crippen molar-refractivity contribution in [2.24, 2.45) is 5.73 Å². The summed E-state index contributed by atoms with van der Waals surface area (Å²) in [6, 6.07) is 2.44. The van der Waals surface area contributed by atoms with Crippen molar-refractivity contribution in [1.29, 1.82) is 5.26 Å². The van der Waals surface area contributed by atoms with Gasteiger partial charge in [-0.05, 0) is 13.8 Å². The molecule has 0 bridgehead atoms. The van der Waals surface area contributed by atoms with Crippen molar-refractivity contribution in [2.45, 2.75) is 32.7 Å². The fraction of sp³-hybridized carbons (Fsp3) is 0.778. The van der Waals surface area contributed by atoms with E-state index in [1.54, 1.807) is 0 Å². The van der Waals surface area contributed by atoms with Crippen molar-refractivity contribution in [1.82, 2.24) is 4.90 Å². The van der Waals surface area contributed by atoms with Gasteiger partial charge in [0, 0.05) is 32.0 Å². The van der Waals surface area contributed by atoms with E-state index in [9.17, 15) is 4.79 Å². The van der Waals surface area contributed by atoms with Gasteiger partial charge in [0.15, 0.2) is 0 Å². The minimum atomic E-state index is -0.289. The van der Waals surface area contributed by atoms with Crippen LogP contribution in [0.3, 0.4) is 0 Å². The maximum absolute atomic E-state index is 10.5. The smallest absolute Gasteiger partial charge is 0.218 e. The van der Waals surface area contributed by atoms with E-state index >= 15 is 0 Å². The molecule has 0 aliphatic carbocycles. The molecule has 0 aromatic carbocycles. The van der Waals surface area contributed by atoms with Crippen molar-refractivity contribution in [3.63, 3.8) is 0 Å². The summed E-state index contributed by atoms with van der Waals surface area (Å²) in [6.07, 6.45) is 0.862. The zero-order valence-corrected chi connectivity index (χ0v) is 8.29. The summed E-state index contributed by atoms with van der Waals surface area (Å²) in [7, 11) is 0. The number of nitrogens with two attached hydrogens (primary N) is 1. The van der Waals surface area contributed by atoms with Crippen LogP contribution in [0.2, 0.25) is 0 Å². The van der Waals surface area contributed by atoms with Gasteiger partial charge in [-0.3, -0.25) is 9.69 Å². The van der Waals surface area contributed by atoms with Crippen LogP contribution in [0.1, 0.15) is 26.7 Å². The average Bonchev–Trinajstić information content (AvgIpc) is 2.03. The number of carbonyl (C=O) groups is 1. The van der Waals surface area contributed by atoms with Gasteiger partial charge in [-0.25, -0.2) is 0 Å². The monoisotopic (exact) mass is 183 g/mol. The fourth-order valence-electron chi connectivity index (χ4n) is 1.08. The van der Waals surface area contributed by atoms with Gasteiger partial charge in [0.1, 0.15) is 0 Å². The molecule has 0 fully saturated rings. The maximum Gasteiger partial charge on any atom is 0.218 e. The lowest BCUT2D eigenvalue weighted by Crippen LogP contribution is -2.34. The molecule has 0 saturated carbocycles. The minimum Gasteiger partial charge on any atom is -0.370 e. The number of nitrogens with zero attached hydrogens (tertiary/aromatic N) is 2. The number of primary amides is 1. The molecule has 0 radical (unpaired) electrons. The highest BCUT2D eigenvalue weighted by Gasteiger charge is 2.09. The van der Waals surface area contributed by atoms with Crippen LogP contribution in [0.4, 0.5) is 0 Å². The highest BCUT2D eigenvalue weighted by Crippen LogP contribution is 2.00. The molecule has 0 heterocycles. The summed E-state index contributed by atoms with van der Waals surface area (Å²) in [5, 5.41) is 8.41. The van der Waals surface area contributed by atoms with Gasteiger partial charge < -0.3 is 5.73 Å². The first-order valence-corrected chi connectivity index (χ1v) is 4.47. The number of carbonyl (C=O) groups excluding carboxylic acids is 1. The largest absolute Gasteiger partial charge is 0.370 e. The molecule has 0 aromatic rings. The van der Waals surface area contributed by atoms with E-state index in [4.69, 9.17) is 11.0 Å². The lowest BCUT2D eigenvalue weighted by atomic mass is 10.2. The van der Waals surface area contributed by atoms with E-state index in [1.807, 2.05) is 13.8 Å². The Morgan fingerprint density at radius 1 is 1.54 bits per heavy atom. The van der Waals surface area contributed by atoms with Gasteiger partial charge in [0.2, 0.25) is 5.91 Å². The summed E-state index contributed by atoms with van der Waals surface area (Å²) < 4.78 is 0. The second-order valence-electron chi connectivity index (χ2n) is 3.25. The maximum atomic E-state index is 10.5. The third-order valence-corrected chi connectivity index (χ3v) is 1.89. The Morgan fingerprint density at radius 3 is 2.54 bits per heavy atom. The molecule has 2 N–H and O–H groups in total. The molecule has 4 heteroatoms. The number of rotatable bonds is 6. The molecule has 13 heavy (non-hydrogen) atoms. The van der Waals surface area contributed by atoms with Gasteiger partial charge in [-0.2, -0.15) is 5.26 Å². The first-order chi connectivity index (χ1) is 6.07. The lowest BCUT2D eigenvalue weighted by Gasteiger charge is -2.24. The van der Waals surface area contributed by atoms with E-state index in [0.717, 1.165) is 0 Å². The second kappa shape index (κ2) is 6.44. The standard InChI is InChI=1S/C9H17N3O/c1-8(2)12(6-3-5-10)7-4-9(11)13/h8H,3-4,6-7H2,1-2H3,(H2,11,13). The summed E-state index contributed by atoms with van der Waals surface area (Å²) in [6.45, 7) is 5.44. The summed E-state index contributed by atoms with van der Waals surface area (Å²) >= 11 is 0. The van der Waals surface area contributed by atoms with Crippen LogP contribution in [0, 0.1) is 11.3 Å². The van der Waals surface area contributed by atoms with Crippen LogP contribution in [-0.4, -0.2) is 29.9 Å². The molecule has 0 rings (SSSR count). The molecule has 0 aliphatic rings. The van der Waals surface area contributed by atoms with Gasteiger partial charge in [0.25, 0.3) is 0 Å². The van der Waals surface area contributed by atoms with Gasteiger partial charge >= 0.3 is 0 Å². The highest BCUT2D eigenvalue weighted by atomic mass is 16.1. The number of hydrogen-bond acceptors (Lipinski definition) is 3. The van der Waals surface area contributed by atoms with Crippen molar-refractivity contribution in [3.05, 3.63) is 0 Å². The van der Waals surface area contributed by atoms with E-state index in [2.05, 4.69) is 11.0 Å². The Labute approximate surface area is 79.3 Å². The zero-order chi connectivity index (χ0) is 10.3. The predicted octanol–water partition coefficient (Wildman–Crippen LogP) is 0.486. The summed E-state index contributed by atoms with van der Waals surface area (Å²) in [4.78, 5) is 12.6. The second-order valence-corrected chi connectivity index (χ2v) is 3.25. The Bertz CT molecular complexity index is 196. The van der Waals surface area contributed by atoms with Crippen LogP contribution in [-0.2, 0) is 4.79 Å². The van der Waals surface area contributed by atoms with E-state index in [0.29, 0.717) is 32.0 Å². The molecular weight excluding hydrogens is 166 g/mol. The Hall–Kier alpha value is -1.08. The van der Waals surface area contributed by atoms with Crippen molar-refractivity contribution >= 4 is 5.91 Å². The van der Waals surface area contributed by atoms with Crippen LogP contribution in [0.25, 0.3) is 0 Å². The van der Waals surface area contributed by atoms with Crippen molar-refractivity contribution in [3.8, 4) is 6.07 Å². The van der Waals surface area contributed by atoms with Crippen LogP contribution >= 0.6 is 0 Å². The van der Waals surface area contributed by atoms with Crippen LogP contribution in [0.15, 0.2) is 0 Å². The highest BCUT2D eigenvalue weighted by molar-refractivity contribution is 5.73. The number of nitriles is 1. The molecule has 0 aromatic heterocycles. The third-order valence-electron chi connectivity index (χ3n) is 1.89. The molecule has 1 amide bonds.